The van der Waals surface area contributed by atoms with Crippen LogP contribution in [0.5, 0.6) is 0 Å². The highest BCUT2D eigenvalue weighted by Gasteiger charge is 2.40. The molecule has 2 amide bonds. The summed E-state index contributed by atoms with van der Waals surface area (Å²) in [5, 5.41) is 9.34. The molecule has 5 nitrogen and oxygen atoms in total. The van der Waals surface area contributed by atoms with Crippen molar-refractivity contribution >= 4 is 12.0 Å². The van der Waals surface area contributed by atoms with Crippen molar-refractivity contribution in [1.29, 1.82) is 0 Å². The largest absolute Gasteiger partial charge is 0.481 e. The molecule has 0 aromatic heterocycles. The molecule has 0 aromatic rings. The first-order valence-electron chi connectivity index (χ1n) is 7.73. The molecule has 114 valence electrons. The van der Waals surface area contributed by atoms with E-state index in [-0.39, 0.29) is 6.03 Å². The fraction of sp³-hybridized carbons (Fsp3) is 0.867. The summed E-state index contributed by atoms with van der Waals surface area (Å²) in [5.41, 5.74) is -0.786. The molecular formula is C15H26N2O3. The van der Waals surface area contributed by atoms with Crippen LogP contribution in [0.3, 0.4) is 0 Å². The second-order valence-electron chi connectivity index (χ2n) is 6.56. The van der Waals surface area contributed by atoms with Gasteiger partial charge in [0, 0.05) is 26.2 Å². The predicted molar refractivity (Wildman–Crippen MR) is 76.5 cm³/mol. The second kappa shape index (κ2) is 6.02. The van der Waals surface area contributed by atoms with Gasteiger partial charge in [-0.2, -0.15) is 0 Å². The number of hydrogen-bond donors (Lipinski definition) is 1. The van der Waals surface area contributed by atoms with E-state index in [1.807, 2.05) is 4.90 Å². The SMILES string of the molecule is CCCN(CC1CC1)C(=O)N1CCCC(C)(C(=O)O)C1. The van der Waals surface area contributed by atoms with Crippen LogP contribution < -0.4 is 0 Å². The van der Waals surface area contributed by atoms with Crippen LogP contribution in [0.2, 0.25) is 0 Å². The van der Waals surface area contributed by atoms with Gasteiger partial charge in [-0.15, -0.1) is 0 Å². The monoisotopic (exact) mass is 282 g/mol. The van der Waals surface area contributed by atoms with E-state index in [0.29, 0.717) is 25.4 Å². The van der Waals surface area contributed by atoms with E-state index in [2.05, 4.69) is 6.92 Å². The number of carboxylic acid groups (broad SMARTS) is 1. The fourth-order valence-corrected chi connectivity index (χ4v) is 2.92. The summed E-state index contributed by atoms with van der Waals surface area (Å²) < 4.78 is 0. The van der Waals surface area contributed by atoms with Crippen LogP contribution in [0, 0.1) is 11.3 Å². The lowest BCUT2D eigenvalue weighted by atomic mass is 9.82. The van der Waals surface area contributed by atoms with Gasteiger partial charge in [-0.1, -0.05) is 6.92 Å². The van der Waals surface area contributed by atoms with Gasteiger partial charge in [0.25, 0.3) is 0 Å². The highest BCUT2D eigenvalue weighted by Crippen LogP contribution is 2.32. The van der Waals surface area contributed by atoms with E-state index in [4.69, 9.17) is 0 Å². The molecule has 0 radical (unpaired) electrons. The van der Waals surface area contributed by atoms with Gasteiger partial charge in [-0.3, -0.25) is 4.79 Å². The van der Waals surface area contributed by atoms with Crippen LogP contribution >= 0.6 is 0 Å². The third-order valence-electron chi connectivity index (χ3n) is 4.42. The van der Waals surface area contributed by atoms with Gasteiger partial charge in [0.2, 0.25) is 0 Å². The molecule has 20 heavy (non-hydrogen) atoms. The molecule has 1 unspecified atom stereocenters. The van der Waals surface area contributed by atoms with Gasteiger partial charge in [0.15, 0.2) is 0 Å². The van der Waals surface area contributed by atoms with Crippen LogP contribution in [-0.4, -0.2) is 53.1 Å². The Bertz CT molecular complexity index is 381. The number of piperidine rings is 1. The minimum atomic E-state index is -0.792. The van der Waals surface area contributed by atoms with E-state index in [1.165, 1.54) is 12.8 Å². The highest BCUT2D eigenvalue weighted by atomic mass is 16.4. The lowest BCUT2D eigenvalue weighted by molar-refractivity contribution is -0.150. The Morgan fingerprint density at radius 3 is 2.65 bits per heavy atom. The van der Waals surface area contributed by atoms with E-state index >= 15 is 0 Å². The van der Waals surface area contributed by atoms with Gasteiger partial charge < -0.3 is 14.9 Å². The summed E-state index contributed by atoms with van der Waals surface area (Å²) in [6.45, 7) is 6.46. The van der Waals surface area contributed by atoms with E-state index in [9.17, 15) is 14.7 Å². The van der Waals surface area contributed by atoms with Crippen molar-refractivity contribution in [2.45, 2.75) is 46.0 Å². The molecule has 1 saturated heterocycles. The maximum atomic E-state index is 12.6. The summed E-state index contributed by atoms with van der Waals surface area (Å²) in [6, 6.07) is 0.0333. The third-order valence-corrected chi connectivity index (χ3v) is 4.42. The molecule has 2 fully saturated rings. The van der Waals surface area contributed by atoms with Gasteiger partial charge >= 0.3 is 12.0 Å². The zero-order valence-corrected chi connectivity index (χ0v) is 12.6. The lowest BCUT2D eigenvalue weighted by Crippen LogP contribution is -2.53. The molecule has 0 aromatic carbocycles. The van der Waals surface area contributed by atoms with Crippen molar-refractivity contribution in [2.24, 2.45) is 11.3 Å². The molecular weight excluding hydrogens is 256 g/mol. The average molecular weight is 282 g/mol. The Labute approximate surface area is 120 Å². The fourth-order valence-electron chi connectivity index (χ4n) is 2.92. The smallest absolute Gasteiger partial charge is 0.320 e. The van der Waals surface area contributed by atoms with Crippen molar-refractivity contribution in [3.8, 4) is 0 Å². The molecule has 0 bridgehead atoms. The molecule has 1 aliphatic carbocycles. The van der Waals surface area contributed by atoms with Gasteiger partial charge in [-0.05, 0) is 44.9 Å². The number of carbonyl (C=O) groups is 2. The maximum Gasteiger partial charge on any atom is 0.320 e. The number of likely N-dealkylation sites (tertiary alicyclic amines) is 1. The highest BCUT2D eigenvalue weighted by molar-refractivity contribution is 5.78. The minimum Gasteiger partial charge on any atom is -0.481 e. The van der Waals surface area contributed by atoms with Crippen molar-refractivity contribution in [3.05, 3.63) is 0 Å². The molecule has 1 aliphatic heterocycles. The molecule has 2 rings (SSSR count). The topological polar surface area (TPSA) is 60.9 Å². The van der Waals surface area contributed by atoms with Crippen LogP contribution in [0.1, 0.15) is 46.0 Å². The zero-order valence-electron chi connectivity index (χ0n) is 12.6. The van der Waals surface area contributed by atoms with Crippen molar-refractivity contribution in [3.63, 3.8) is 0 Å². The Balaban J connectivity index is 2.00. The number of rotatable bonds is 5. The normalized spacial score (nSPS) is 26.4. The number of aliphatic carboxylic acids is 1. The second-order valence-corrected chi connectivity index (χ2v) is 6.56. The number of hydrogen-bond acceptors (Lipinski definition) is 2. The minimum absolute atomic E-state index is 0.0333. The summed E-state index contributed by atoms with van der Waals surface area (Å²) in [6.07, 6.45) is 4.82. The Morgan fingerprint density at radius 1 is 1.40 bits per heavy atom. The third kappa shape index (κ3) is 3.44. The molecule has 5 heteroatoms. The number of amides is 2. The molecule has 1 saturated carbocycles. The van der Waals surface area contributed by atoms with Crippen LogP contribution in [0.4, 0.5) is 4.79 Å². The van der Waals surface area contributed by atoms with E-state index in [0.717, 1.165) is 25.9 Å². The van der Waals surface area contributed by atoms with Gasteiger partial charge in [0.1, 0.15) is 0 Å². The summed E-state index contributed by atoms with van der Waals surface area (Å²) >= 11 is 0. The predicted octanol–water partition coefficient (Wildman–Crippen LogP) is 2.42. The number of carbonyl (C=O) groups excluding carboxylic acids is 1. The van der Waals surface area contributed by atoms with Crippen molar-refractivity contribution in [2.75, 3.05) is 26.2 Å². The molecule has 0 spiro atoms. The first-order valence-corrected chi connectivity index (χ1v) is 7.73. The summed E-state index contributed by atoms with van der Waals surface area (Å²) in [4.78, 5) is 27.7. The Kier molecular flexibility index (Phi) is 4.55. The lowest BCUT2D eigenvalue weighted by Gasteiger charge is -2.40. The Morgan fingerprint density at radius 2 is 2.10 bits per heavy atom. The first-order chi connectivity index (χ1) is 9.46. The average Bonchev–Trinajstić information content (AvgIpc) is 3.21. The number of nitrogens with zero attached hydrogens (tertiary/aromatic N) is 2. The summed E-state index contributed by atoms with van der Waals surface area (Å²) in [5.74, 6) is -0.125. The number of urea groups is 1. The quantitative estimate of drug-likeness (QED) is 0.842. The van der Waals surface area contributed by atoms with E-state index in [1.54, 1.807) is 11.8 Å². The zero-order chi connectivity index (χ0) is 14.8. The van der Waals surface area contributed by atoms with Gasteiger partial charge in [0.05, 0.1) is 5.41 Å². The molecule has 1 heterocycles. The molecule has 1 N–H and O–H groups in total. The number of carboxylic acids is 1. The van der Waals surface area contributed by atoms with Crippen LogP contribution in [-0.2, 0) is 4.79 Å². The molecule has 1 atom stereocenters. The van der Waals surface area contributed by atoms with E-state index < -0.39 is 11.4 Å². The van der Waals surface area contributed by atoms with Crippen LogP contribution in [0.25, 0.3) is 0 Å². The van der Waals surface area contributed by atoms with Crippen molar-refractivity contribution in [1.82, 2.24) is 9.80 Å². The Hall–Kier alpha value is -1.26. The summed E-state index contributed by atoms with van der Waals surface area (Å²) in [7, 11) is 0. The van der Waals surface area contributed by atoms with Crippen molar-refractivity contribution < 1.29 is 14.7 Å². The molecule has 2 aliphatic rings. The standard InChI is InChI=1S/C15H26N2O3/c1-3-8-16(10-12-5-6-12)14(20)17-9-4-7-15(2,11-17)13(18)19/h12H,3-11H2,1-2H3,(H,18,19). The first kappa shape index (κ1) is 15.1. The van der Waals surface area contributed by atoms with Crippen LogP contribution in [0.15, 0.2) is 0 Å². The maximum absolute atomic E-state index is 12.6. The van der Waals surface area contributed by atoms with Gasteiger partial charge in [-0.25, -0.2) is 4.79 Å².